The summed E-state index contributed by atoms with van der Waals surface area (Å²) in [6.07, 6.45) is 0.809. The van der Waals surface area contributed by atoms with E-state index in [0.29, 0.717) is 47.0 Å². The minimum absolute atomic E-state index is 0.0340. The fourth-order valence-electron chi connectivity index (χ4n) is 2.79. The molecule has 3 aromatic rings. The second-order valence-corrected chi connectivity index (χ2v) is 6.40. The summed E-state index contributed by atoms with van der Waals surface area (Å²) in [5, 5.41) is 6.25. The highest BCUT2D eigenvalue weighted by Gasteiger charge is 2.23. The first kappa shape index (κ1) is 19.8. The van der Waals surface area contributed by atoms with Crippen molar-refractivity contribution in [2.24, 2.45) is 0 Å². The van der Waals surface area contributed by atoms with E-state index in [-0.39, 0.29) is 18.1 Å². The Kier molecular flexibility index (Phi) is 6.55. The second-order valence-electron chi connectivity index (χ2n) is 6.03. The molecule has 2 aromatic carbocycles. The smallest absolute Gasteiger partial charge is 0.293 e. The summed E-state index contributed by atoms with van der Waals surface area (Å²) in [6.45, 7) is 2.34. The molecule has 0 radical (unpaired) electrons. The standard InChI is InChI=1S/C21H21ClN2O4/c1-2-27-17-11-6-4-9-15(17)23-21(26)20-19(24-18(25)12-7-13-22)14-8-3-5-10-16(14)28-20/h3-6,8-11H,2,7,12-13H2,1H3,(H,23,26)(H,24,25). The Morgan fingerprint density at radius 3 is 2.61 bits per heavy atom. The van der Waals surface area contributed by atoms with E-state index in [9.17, 15) is 9.59 Å². The van der Waals surface area contributed by atoms with E-state index in [1.807, 2.05) is 19.1 Å². The normalized spacial score (nSPS) is 10.6. The molecule has 0 bridgehead atoms. The van der Waals surface area contributed by atoms with Crippen molar-refractivity contribution >= 4 is 45.8 Å². The van der Waals surface area contributed by atoms with Crippen LogP contribution in [0.2, 0.25) is 0 Å². The number of hydrogen-bond donors (Lipinski definition) is 2. The van der Waals surface area contributed by atoms with Crippen molar-refractivity contribution in [3.8, 4) is 5.75 Å². The maximum Gasteiger partial charge on any atom is 0.293 e. The van der Waals surface area contributed by atoms with Crippen molar-refractivity contribution in [3.63, 3.8) is 0 Å². The number of rotatable bonds is 8. The number of hydrogen-bond acceptors (Lipinski definition) is 4. The lowest BCUT2D eigenvalue weighted by molar-refractivity contribution is -0.116. The number of ether oxygens (including phenoxy) is 1. The monoisotopic (exact) mass is 400 g/mol. The second kappa shape index (κ2) is 9.28. The van der Waals surface area contributed by atoms with Gasteiger partial charge in [0.25, 0.3) is 5.91 Å². The first-order chi connectivity index (χ1) is 13.6. The first-order valence-corrected chi connectivity index (χ1v) is 9.58. The summed E-state index contributed by atoms with van der Waals surface area (Å²) >= 11 is 5.66. The van der Waals surface area contributed by atoms with Crippen molar-refractivity contribution < 1.29 is 18.7 Å². The highest BCUT2D eigenvalue weighted by atomic mass is 35.5. The summed E-state index contributed by atoms with van der Waals surface area (Å²) in [5.41, 5.74) is 1.38. The zero-order chi connectivity index (χ0) is 19.9. The van der Waals surface area contributed by atoms with Crippen LogP contribution in [0.25, 0.3) is 11.0 Å². The van der Waals surface area contributed by atoms with E-state index in [1.165, 1.54) is 0 Å². The van der Waals surface area contributed by atoms with Gasteiger partial charge in [0.15, 0.2) is 0 Å². The third kappa shape index (κ3) is 4.46. The molecule has 0 atom stereocenters. The van der Waals surface area contributed by atoms with Crippen LogP contribution in [0, 0.1) is 0 Å². The quantitative estimate of drug-likeness (QED) is 0.519. The van der Waals surface area contributed by atoms with Gasteiger partial charge in [0.1, 0.15) is 17.0 Å². The van der Waals surface area contributed by atoms with Crippen molar-refractivity contribution in [1.82, 2.24) is 0 Å². The highest BCUT2D eigenvalue weighted by molar-refractivity contribution is 6.18. The van der Waals surface area contributed by atoms with Crippen molar-refractivity contribution in [3.05, 3.63) is 54.3 Å². The Morgan fingerprint density at radius 2 is 1.82 bits per heavy atom. The van der Waals surface area contributed by atoms with Crippen LogP contribution in [0.5, 0.6) is 5.75 Å². The molecule has 2 amide bonds. The van der Waals surface area contributed by atoms with Gasteiger partial charge in [-0.1, -0.05) is 24.3 Å². The lowest BCUT2D eigenvalue weighted by atomic mass is 10.2. The van der Waals surface area contributed by atoms with Gasteiger partial charge in [-0.2, -0.15) is 0 Å². The van der Waals surface area contributed by atoms with Gasteiger partial charge in [0.05, 0.1) is 12.3 Å². The van der Waals surface area contributed by atoms with Crippen LogP contribution in [-0.4, -0.2) is 24.3 Å². The molecule has 2 N–H and O–H groups in total. The molecular formula is C21H21ClN2O4. The van der Waals surface area contributed by atoms with Crippen LogP contribution in [0.15, 0.2) is 52.9 Å². The summed E-state index contributed by atoms with van der Waals surface area (Å²) < 4.78 is 11.3. The average Bonchev–Trinajstić information content (AvgIpc) is 3.07. The molecule has 0 aliphatic carbocycles. The van der Waals surface area contributed by atoms with Crippen LogP contribution in [0.1, 0.15) is 30.3 Å². The van der Waals surface area contributed by atoms with Crippen LogP contribution < -0.4 is 15.4 Å². The third-order valence-corrected chi connectivity index (χ3v) is 4.31. The number of amides is 2. The molecule has 0 fully saturated rings. The maximum atomic E-state index is 12.9. The summed E-state index contributed by atoms with van der Waals surface area (Å²) in [6, 6.07) is 14.3. The molecule has 1 heterocycles. The molecule has 0 spiro atoms. The van der Waals surface area contributed by atoms with Crippen molar-refractivity contribution in [2.45, 2.75) is 19.8 Å². The van der Waals surface area contributed by atoms with Crippen molar-refractivity contribution in [2.75, 3.05) is 23.1 Å². The van der Waals surface area contributed by atoms with E-state index in [0.717, 1.165) is 0 Å². The van der Waals surface area contributed by atoms with Crippen LogP contribution >= 0.6 is 11.6 Å². The fourth-order valence-corrected chi connectivity index (χ4v) is 2.92. The third-order valence-electron chi connectivity index (χ3n) is 4.04. The van der Waals surface area contributed by atoms with Crippen molar-refractivity contribution in [1.29, 1.82) is 0 Å². The van der Waals surface area contributed by atoms with Crippen LogP contribution in [0.4, 0.5) is 11.4 Å². The molecule has 0 unspecified atom stereocenters. The van der Waals surface area contributed by atoms with Gasteiger partial charge in [-0.15, -0.1) is 11.6 Å². The number of nitrogens with one attached hydrogen (secondary N) is 2. The Bertz CT molecular complexity index is 983. The van der Waals surface area contributed by atoms with Crippen LogP contribution in [-0.2, 0) is 4.79 Å². The first-order valence-electron chi connectivity index (χ1n) is 9.04. The SMILES string of the molecule is CCOc1ccccc1NC(=O)c1oc2ccccc2c1NC(=O)CCCCl. The number of benzene rings is 2. The van der Waals surface area contributed by atoms with Gasteiger partial charge in [-0.25, -0.2) is 0 Å². The Labute approximate surface area is 167 Å². The molecule has 0 saturated heterocycles. The number of para-hydroxylation sites is 3. The van der Waals surface area contributed by atoms with Gasteiger partial charge in [0, 0.05) is 17.7 Å². The summed E-state index contributed by atoms with van der Waals surface area (Å²) in [5.74, 6) is 0.280. The van der Waals surface area contributed by atoms with Gasteiger partial charge < -0.3 is 19.8 Å². The molecule has 28 heavy (non-hydrogen) atoms. The van der Waals surface area contributed by atoms with Crippen LogP contribution in [0.3, 0.4) is 0 Å². The average molecular weight is 401 g/mol. The molecule has 3 rings (SSSR count). The number of furan rings is 1. The number of halogens is 1. The Morgan fingerprint density at radius 1 is 1.07 bits per heavy atom. The van der Waals surface area contributed by atoms with E-state index in [4.69, 9.17) is 20.8 Å². The molecule has 0 saturated carbocycles. The highest BCUT2D eigenvalue weighted by Crippen LogP contribution is 2.32. The molecule has 146 valence electrons. The Balaban J connectivity index is 1.92. The summed E-state index contributed by atoms with van der Waals surface area (Å²) in [7, 11) is 0. The molecule has 0 aliphatic heterocycles. The topological polar surface area (TPSA) is 80.6 Å². The maximum absolute atomic E-state index is 12.9. The zero-order valence-corrected chi connectivity index (χ0v) is 16.2. The summed E-state index contributed by atoms with van der Waals surface area (Å²) in [4.78, 5) is 25.1. The fraction of sp³-hybridized carbons (Fsp3) is 0.238. The minimum atomic E-state index is -0.476. The predicted molar refractivity (Wildman–Crippen MR) is 110 cm³/mol. The zero-order valence-electron chi connectivity index (χ0n) is 15.5. The minimum Gasteiger partial charge on any atom is -0.492 e. The van der Waals surface area contributed by atoms with Gasteiger partial charge >= 0.3 is 0 Å². The largest absolute Gasteiger partial charge is 0.492 e. The number of carbonyl (C=O) groups excluding carboxylic acids is 2. The Hall–Kier alpha value is -2.99. The predicted octanol–water partition coefficient (Wildman–Crippen LogP) is 5.04. The van der Waals surface area contributed by atoms with Gasteiger partial charge in [-0.05, 0) is 37.6 Å². The number of fused-ring (bicyclic) bond motifs is 1. The molecule has 0 aliphatic rings. The molecule has 1 aromatic heterocycles. The van der Waals surface area contributed by atoms with E-state index in [1.54, 1.807) is 36.4 Å². The molecule has 7 heteroatoms. The van der Waals surface area contributed by atoms with Gasteiger partial charge in [0.2, 0.25) is 11.7 Å². The van der Waals surface area contributed by atoms with E-state index in [2.05, 4.69) is 10.6 Å². The molecular weight excluding hydrogens is 380 g/mol. The lowest BCUT2D eigenvalue weighted by Crippen LogP contribution is -2.17. The lowest BCUT2D eigenvalue weighted by Gasteiger charge is -2.11. The number of anilines is 2. The number of carbonyl (C=O) groups is 2. The van der Waals surface area contributed by atoms with E-state index >= 15 is 0 Å². The van der Waals surface area contributed by atoms with E-state index < -0.39 is 5.91 Å². The number of alkyl halides is 1. The van der Waals surface area contributed by atoms with Gasteiger partial charge in [-0.3, -0.25) is 9.59 Å². The molecule has 6 nitrogen and oxygen atoms in total.